The zero-order chi connectivity index (χ0) is 21.4. The lowest BCUT2D eigenvalue weighted by molar-refractivity contribution is -0.269. The van der Waals surface area contributed by atoms with Gasteiger partial charge in [-0.15, -0.1) is 0 Å². The third-order valence-electron chi connectivity index (χ3n) is 3.61. The Bertz CT molecular complexity index is 531. The van der Waals surface area contributed by atoms with Crippen LogP contribution in [0.3, 0.4) is 0 Å². The van der Waals surface area contributed by atoms with Gasteiger partial charge in [-0.25, -0.2) is 0 Å². The van der Waals surface area contributed by atoms with Crippen LogP contribution in [0.2, 0.25) is 0 Å². The molecule has 3 unspecified atom stereocenters. The number of rotatable bonds is 9. The summed E-state index contributed by atoms with van der Waals surface area (Å²) in [5.74, 6) is -2.58. The van der Waals surface area contributed by atoms with E-state index >= 15 is 0 Å². The summed E-state index contributed by atoms with van der Waals surface area (Å²) in [5, 5.41) is 37.9. The molecule has 0 saturated carbocycles. The lowest BCUT2D eigenvalue weighted by Gasteiger charge is -2.39. The van der Waals surface area contributed by atoms with Gasteiger partial charge in [0.25, 0.3) is 0 Å². The first-order chi connectivity index (χ1) is 13.0. The molecule has 0 spiro atoms. The van der Waals surface area contributed by atoms with E-state index in [-0.39, 0.29) is 25.9 Å². The summed E-state index contributed by atoms with van der Waals surface area (Å²) in [7, 11) is 0. The van der Waals surface area contributed by atoms with Crippen molar-refractivity contribution in [2.24, 2.45) is 0 Å². The molecule has 1 saturated heterocycles. The summed E-state index contributed by atoms with van der Waals surface area (Å²) in [6.45, 7) is 3.74. The highest BCUT2D eigenvalue weighted by molar-refractivity contribution is 5.72. The Morgan fingerprint density at radius 1 is 0.821 bits per heavy atom. The molecule has 0 aliphatic carbocycles. The summed E-state index contributed by atoms with van der Waals surface area (Å²) in [5.41, 5.74) is 0. The molecule has 4 N–H and O–H groups in total. The van der Waals surface area contributed by atoms with Crippen molar-refractivity contribution in [3.8, 4) is 0 Å². The van der Waals surface area contributed by atoms with Crippen molar-refractivity contribution in [3.05, 3.63) is 0 Å². The second-order valence-corrected chi connectivity index (χ2v) is 6.82. The highest BCUT2D eigenvalue weighted by Gasteiger charge is 2.47. The summed E-state index contributed by atoms with van der Waals surface area (Å²) >= 11 is 0. The molecule has 28 heavy (non-hydrogen) atoms. The summed E-state index contributed by atoms with van der Waals surface area (Å²) in [6, 6.07) is 0. The zero-order valence-corrected chi connectivity index (χ0v) is 16.0. The Morgan fingerprint density at radius 3 is 1.64 bits per heavy atom. The molecule has 11 heteroatoms. The fourth-order valence-electron chi connectivity index (χ4n) is 2.47. The molecule has 0 bridgehead atoms. The van der Waals surface area contributed by atoms with E-state index in [4.69, 9.17) is 18.9 Å². The second kappa shape index (κ2) is 11.3. The molecule has 1 fully saturated rings. The molecule has 0 aromatic carbocycles. The molecule has 0 radical (unpaired) electrons. The molecule has 162 valence electrons. The molecule has 0 aromatic rings. The Balaban J connectivity index is 2.97. The van der Waals surface area contributed by atoms with Crippen LogP contribution in [0.5, 0.6) is 0 Å². The molecule has 0 amide bonds. The maximum absolute atomic E-state index is 12.0. The Labute approximate surface area is 162 Å². The van der Waals surface area contributed by atoms with Gasteiger partial charge < -0.3 is 39.4 Å². The molecule has 1 aliphatic heterocycles. The lowest BCUT2D eigenvalue weighted by Crippen LogP contribution is -2.57. The molecule has 1 aliphatic rings. The van der Waals surface area contributed by atoms with Gasteiger partial charge in [0.1, 0.15) is 0 Å². The van der Waals surface area contributed by atoms with Crippen LogP contribution in [0.1, 0.15) is 40.0 Å². The van der Waals surface area contributed by atoms with E-state index in [0.717, 1.165) is 0 Å². The third kappa shape index (κ3) is 8.48. The standard InChI is InChI=1S/C17H28O11/c1-8(18)4-12(21)26-11-7-25-17(24)16(28-14(23)6-10(3)20)15(11)27-13(22)5-9(2)19/h8-11,15-20,24H,4-7H2,1-3H3/t8?,9?,10?,11-,15+,16-,17-/m1/s1. The maximum atomic E-state index is 12.0. The Kier molecular flexibility index (Phi) is 9.76. The van der Waals surface area contributed by atoms with Gasteiger partial charge in [-0.2, -0.15) is 0 Å². The minimum absolute atomic E-state index is 0.333. The average molecular weight is 408 g/mol. The summed E-state index contributed by atoms with van der Waals surface area (Å²) in [4.78, 5) is 35.7. The molecular weight excluding hydrogens is 380 g/mol. The first-order valence-corrected chi connectivity index (χ1v) is 8.91. The Hall–Kier alpha value is -1.79. The fourth-order valence-corrected chi connectivity index (χ4v) is 2.47. The van der Waals surface area contributed by atoms with E-state index in [0.29, 0.717) is 0 Å². The zero-order valence-electron chi connectivity index (χ0n) is 16.0. The van der Waals surface area contributed by atoms with Gasteiger partial charge in [0, 0.05) is 0 Å². The van der Waals surface area contributed by atoms with Crippen molar-refractivity contribution >= 4 is 17.9 Å². The van der Waals surface area contributed by atoms with Crippen molar-refractivity contribution in [2.45, 2.75) is 82.9 Å². The SMILES string of the molecule is CC(O)CC(=O)O[C@@H]1[C@@H](OC(=O)CC(C)O)[C@H](OC(=O)CC(C)O)CO[C@H]1O. The van der Waals surface area contributed by atoms with Crippen molar-refractivity contribution in [3.63, 3.8) is 0 Å². The fraction of sp³-hybridized carbons (Fsp3) is 0.824. The molecular formula is C17H28O11. The van der Waals surface area contributed by atoms with Crippen LogP contribution >= 0.6 is 0 Å². The number of esters is 3. The van der Waals surface area contributed by atoms with Crippen LogP contribution in [0.25, 0.3) is 0 Å². The quantitative estimate of drug-likeness (QED) is 0.255. The average Bonchev–Trinajstić information content (AvgIpc) is 2.51. The molecule has 11 nitrogen and oxygen atoms in total. The first-order valence-electron chi connectivity index (χ1n) is 8.91. The molecule has 1 rings (SSSR count). The topological polar surface area (TPSA) is 169 Å². The minimum Gasteiger partial charge on any atom is -0.456 e. The molecule has 1 heterocycles. The van der Waals surface area contributed by atoms with E-state index in [2.05, 4.69) is 0 Å². The van der Waals surface area contributed by atoms with Crippen LogP contribution in [-0.2, 0) is 33.3 Å². The summed E-state index contributed by atoms with van der Waals surface area (Å²) in [6.07, 6.45) is -9.92. The van der Waals surface area contributed by atoms with Crippen molar-refractivity contribution in [2.75, 3.05) is 6.61 Å². The van der Waals surface area contributed by atoms with E-state index in [1.807, 2.05) is 0 Å². The van der Waals surface area contributed by atoms with Crippen LogP contribution in [0.15, 0.2) is 0 Å². The van der Waals surface area contributed by atoms with Gasteiger partial charge in [-0.05, 0) is 20.8 Å². The number of aliphatic hydroxyl groups excluding tert-OH is 4. The van der Waals surface area contributed by atoms with E-state index in [9.17, 15) is 34.8 Å². The van der Waals surface area contributed by atoms with Gasteiger partial charge in [-0.1, -0.05) is 0 Å². The third-order valence-corrected chi connectivity index (χ3v) is 3.61. The highest BCUT2D eigenvalue weighted by atomic mass is 16.7. The lowest BCUT2D eigenvalue weighted by atomic mass is 10.0. The Morgan fingerprint density at radius 2 is 1.21 bits per heavy atom. The molecule has 0 aromatic heterocycles. The number of aliphatic hydroxyl groups is 4. The van der Waals surface area contributed by atoms with Gasteiger partial charge in [-0.3, -0.25) is 14.4 Å². The van der Waals surface area contributed by atoms with Crippen LogP contribution < -0.4 is 0 Å². The van der Waals surface area contributed by atoms with Crippen LogP contribution in [0.4, 0.5) is 0 Å². The number of ether oxygens (including phenoxy) is 4. The number of carbonyl (C=O) groups excluding carboxylic acids is 3. The van der Waals surface area contributed by atoms with Crippen molar-refractivity contribution < 1.29 is 53.8 Å². The predicted molar refractivity (Wildman–Crippen MR) is 90.5 cm³/mol. The molecule has 7 atom stereocenters. The van der Waals surface area contributed by atoms with E-state index < -0.39 is 60.8 Å². The second-order valence-electron chi connectivity index (χ2n) is 6.82. The smallest absolute Gasteiger partial charge is 0.309 e. The number of hydrogen-bond acceptors (Lipinski definition) is 11. The largest absolute Gasteiger partial charge is 0.456 e. The summed E-state index contributed by atoms with van der Waals surface area (Å²) < 4.78 is 20.5. The van der Waals surface area contributed by atoms with Gasteiger partial charge >= 0.3 is 17.9 Å². The minimum atomic E-state index is -1.67. The van der Waals surface area contributed by atoms with E-state index in [1.165, 1.54) is 20.8 Å². The van der Waals surface area contributed by atoms with Crippen LogP contribution in [-0.4, -0.2) is 87.9 Å². The van der Waals surface area contributed by atoms with Crippen LogP contribution in [0, 0.1) is 0 Å². The van der Waals surface area contributed by atoms with E-state index in [1.54, 1.807) is 0 Å². The predicted octanol–water partition coefficient (Wildman–Crippen LogP) is -1.62. The number of hydrogen-bond donors (Lipinski definition) is 4. The van der Waals surface area contributed by atoms with Crippen molar-refractivity contribution in [1.29, 1.82) is 0 Å². The normalized spacial score (nSPS) is 28.0. The first kappa shape index (κ1) is 24.2. The van der Waals surface area contributed by atoms with Gasteiger partial charge in [0.05, 0.1) is 44.2 Å². The highest BCUT2D eigenvalue weighted by Crippen LogP contribution is 2.24. The number of carbonyl (C=O) groups is 3. The maximum Gasteiger partial charge on any atom is 0.309 e. The van der Waals surface area contributed by atoms with Gasteiger partial charge in [0.2, 0.25) is 0 Å². The van der Waals surface area contributed by atoms with Crippen molar-refractivity contribution in [1.82, 2.24) is 0 Å². The monoisotopic (exact) mass is 408 g/mol. The van der Waals surface area contributed by atoms with Gasteiger partial charge in [0.15, 0.2) is 24.6 Å².